The molecule has 22 heavy (non-hydrogen) atoms. The molecule has 0 radical (unpaired) electrons. The van der Waals surface area contributed by atoms with E-state index in [4.69, 9.17) is 4.74 Å². The summed E-state index contributed by atoms with van der Waals surface area (Å²) in [6, 6.07) is 17.8. The Hall–Kier alpha value is -1.45. The largest absolute Gasteiger partial charge is 0.378 e. The molecule has 0 bridgehead atoms. The lowest BCUT2D eigenvalue weighted by Crippen LogP contribution is -2.36. The first-order chi connectivity index (χ1) is 10.7. The van der Waals surface area contributed by atoms with E-state index in [0.29, 0.717) is 5.92 Å². The molecule has 0 aliphatic carbocycles. The van der Waals surface area contributed by atoms with Crippen molar-refractivity contribution >= 4 is 17.4 Å². The molecule has 0 aromatic heterocycles. The summed E-state index contributed by atoms with van der Waals surface area (Å²) in [5.41, 5.74) is 2.69. The van der Waals surface area contributed by atoms with Crippen LogP contribution in [0.15, 0.2) is 58.3 Å². The maximum Gasteiger partial charge on any atom is 0.0642 e. The quantitative estimate of drug-likeness (QED) is 0.804. The summed E-state index contributed by atoms with van der Waals surface area (Å²) in [5.74, 6) is 0.590. The lowest BCUT2D eigenvalue weighted by molar-refractivity contribution is 0.122. The molecule has 1 aliphatic heterocycles. The minimum absolute atomic E-state index is 0.590. The Morgan fingerprint density at radius 1 is 0.864 bits per heavy atom. The van der Waals surface area contributed by atoms with E-state index in [1.165, 1.54) is 21.0 Å². The van der Waals surface area contributed by atoms with E-state index in [9.17, 15) is 0 Å². The summed E-state index contributed by atoms with van der Waals surface area (Å²) in [7, 11) is 0. The number of anilines is 1. The van der Waals surface area contributed by atoms with Gasteiger partial charge in [-0.05, 0) is 47.9 Å². The highest BCUT2D eigenvalue weighted by atomic mass is 32.2. The van der Waals surface area contributed by atoms with Crippen molar-refractivity contribution in [2.24, 2.45) is 0 Å². The van der Waals surface area contributed by atoms with E-state index < -0.39 is 0 Å². The molecule has 0 spiro atoms. The average molecular weight is 313 g/mol. The fraction of sp³-hybridized carbons (Fsp3) is 0.368. The highest BCUT2D eigenvalue weighted by Gasteiger charge is 2.10. The molecule has 1 aliphatic rings. The molecule has 0 unspecified atom stereocenters. The monoisotopic (exact) mass is 313 g/mol. The third-order valence-electron chi connectivity index (χ3n) is 4.00. The van der Waals surface area contributed by atoms with Gasteiger partial charge in [0.15, 0.2) is 0 Å². The first kappa shape index (κ1) is 15.4. The second-order valence-corrected chi connectivity index (χ2v) is 7.07. The van der Waals surface area contributed by atoms with Crippen LogP contribution in [0.3, 0.4) is 0 Å². The molecule has 1 saturated heterocycles. The van der Waals surface area contributed by atoms with Gasteiger partial charge in [-0.3, -0.25) is 0 Å². The van der Waals surface area contributed by atoms with Gasteiger partial charge in [0.1, 0.15) is 0 Å². The predicted octanol–water partition coefficient (Wildman–Crippen LogP) is 4.80. The highest BCUT2D eigenvalue weighted by Crippen LogP contribution is 2.30. The van der Waals surface area contributed by atoms with Gasteiger partial charge in [-0.2, -0.15) is 0 Å². The number of rotatable bonds is 4. The van der Waals surface area contributed by atoms with Gasteiger partial charge in [0, 0.05) is 28.6 Å². The van der Waals surface area contributed by atoms with Crippen molar-refractivity contribution in [3.05, 3.63) is 54.1 Å². The average Bonchev–Trinajstić information content (AvgIpc) is 2.57. The smallest absolute Gasteiger partial charge is 0.0642 e. The lowest BCUT2D eigenvalue weighted by atomic mass is 10.0. The maximum atomic E-state index is 5.40. The van der Waals surface area contributed by atoms with Crippen molar-refractivity contribution in [2.75, 3.05) is 31.2 Å². The van der Waals surface area contributed by atoms with E-state index in [0.717, 1.165) is 26.3 Å². The second kappa shape index (κ2) is 7.21. The minimum Gasteiger partial charge on any atom is -0.378 e. The van der Waals surface area contributed by atoms with Gasteiger partial charge in [0.25, 0.3) is 0 Å². The zero-order chi connectivity index (χ0) is 15.4. The van der Waals surface area contributed by atoms with Crippen molar-refractivity contribution in [3.63, 3.8) is 0 Å². The lowest BCUT2D eigenvalue weighted by Gasteiger charge is -2.28. The van der Waals surface area contributed by atoms with Crippen LogP contribution in [0.25, 0.3) is 0 Å². The Kier molecular flexibility index (Phi) is 5.06. The molecule has 2 aromatic rings. The Labute approximate surface area is 137 Å². The Morgan fingerprint density at radius 3 is 1.95 bits per heavy atom. The maximum absolute atomic E-state index is 5.40. The number of ether oxygens (including phenoxy) is 1. The van der Waals surface area contributed by atoms with E-state index in [-0.39, 0.29) is 0 Å². The molecule has 116 valence electrons. The zero-order valence-electron chi connectivity index (χ0n) is 13.3. The fourth-order valence-corrected chi connectivity index (χ4v) is 3.42. The van der Waals surface area contributed by atoms with Gasteiger partial charge in [0.2, 0.25) is 0 Å². The summed E-state index contributed by atoms with van der Waals surface area (Å²) in [6.07, 6.45) is 0. The van der Waals surface area contributed by atoms with Crippen molar-refractivity contribution in [3.8, 4) is 0 Å². The van der Waals surface area contributed by atoms with Gasteiger partial charge < -0.3 is 9.64 Å². The SMILES string of the molecule is CC(C)c1ccc(Sc2ccc(N3CCOCC3)cc2)cc1. The van der Waals surface area contributed by atoms with E-state index in [1.54, 1.807) is 0 Å². The van der Waals surface area contributed by atoms with Crippen LogP contribution in [-0.4, -0.2) is 26.3 Å². The Balaban J connectivity index is 1.65. The molecule has 0 N–H and O–H groups in total. The van der Waals surface area contributed by atoms with Crippen molar-refractivity contribution in [1.29, 1.82) is 0 Å². The molecule has 0 atom stereocenters. The molecule has 3 rings (SSSR count). The van der Waals surface area contributed by atoms with E-state index >= 15 is 0 Å². The van der Waals surface area contributed by atoms with Gasteiger partial charge in [-0.1, -0.05) is 37.7 Å². The summed E-state index contributed by atoms with van der Waals surface area (Å²) in [6.45, 7) is 8.10. The summed E-state index contributed by atoms with van der Waals surface area (Å²) in [5, 5.41) is 0. The number of benzene rings is 2. The number of nitrogens with zero attached hydrogens (tertiary/aromatic N) is 1. The summed E-state index contributed by atoms with van der Waals surface area (Å²) in [4.78, 5) is 4.97. The van der Waals surface area contributed by atoms with Crippen molar-refractivity contribution < 1.29 is 4.74 Å². The third-order valence-corrected chi connectivity index (χ3v) is 5.01. The van der Waals surface area contributed by atoms with Crippen LogP contribution < -0.4 is 4.90 Å². The van der Waals surface area contributed by atoms with Crippen LogP contribution >= 0.6 is 11.8 Å². The van der Waals surface area contributed by atoms with E-state index in [1.807, 2.05) is 11.8 Å². The van der Waals surface area contributed by atoms with Gasteiger partial charge in [-0.15, -0.1) is 0 Å². The van der Waals surface area contributed by atoms with E-state index in [2.05, 4.69) is 67.3 Å². The van der Waals surface area contributed by atoms with Gasteiger partial charge >= 0.3 is 0 Å². The first-order valence-corrected chi connectivity index (χ1v) is 8.74. The fourth-order valence-electron chi connectivity index (χ4n) is 2.60. The van der Waals surface area contributed by atoms with Crippen LogP contribution in [0.1, 0.15) is 25.3 Å². The van der Waals surface area contributed by atoms with Crippen molar-refractivity contribution in [1.82, 2.24) is 0 Å². The molecule has 0 amide bonds. The van der Waals surface area contributed by atoms with Crippen molar-refractivity contribution in [2.45, 2.75) is 29.6 Å². The predicted molar refractivity (Wildman–Crippen MR) is 94.1 cm³/mol. The summed E-state index contributed by atoms with van der Waals surface area (Å²) < 4.78 is 5.40. The molecule has 1 fully saturated rings. The summed E-state index contributed by atoms with van der Waals surface area (Å²) >= 11 is 1.82. The second-order valence-electron chi connectivity index (χ2n) is 5.92. The number of morpholine rings is 1. The molecule has 2 nitrogen and oxygen atoms in total. The molecular weight excluding hydrogens is 290 g/mol. The normalized spacial score (nSPS) is 15.3. The Morgan fingerprint density at radius 2 is 1.41 bits per heavy atom. The molecule has 1 heterocycles. The van der Waals surface area contributed by atoms with Gasteiger partial charge in [-0.25, -0.2) is 0 Å². The first-order valence-electron chi connectivity index (χ1n) is 7.93. The third kappa shape index (κ3) is 3.84. The zero-order valence-corrected chi connectivity index (χ0v) is 14.1. The number of hydrogen-bond donors (Lipinski definition) is 0. The molecular formula is C19H23NOS. The van der Waals surface area contributed by atoms with Crippen LogP contribution in [0.5, 0.6) is 0 Å². The van der Waals surface area contributed by atoms with Crippen LogP contribution in [0.2, 0.25) is 0 Å². The van der Waals surface area contributed by atoms with Crippen LogP contribution in [0, 0.1) is 0 Å². The highest BCUT2D eigenvalue weighted by molar-refractivity contribution is 7.99. The van der Waals surface area contributed by atoms with Gasteiger partial charge in [0.05, 0.1) is 13.2 Å². The minimum atomic E-state index is 0.590. The Bertz CT molecular complexity index is 586. The van der Waals surface area contributed by atoms with Crippen LogP contribution in [0.4, 0.5) is 5.69 Å². The standard InChI is InChI=1S/C19H23NOS/c1-15(2)16-3-7-18(8-4-16)22-19-9-5-17(6-10-19)20-11-13-21-14-12-20/h3-10,15H,11-14H2,1-2H3. The molecule has 2 aromatic carbocycles. The molecule has 3 heteroatoms. The van der Waals surface area contributed by atoms with Crippen LogP contribution in [-0.2, 0) is 4.74 Å². The topological polar surface area (TPSA) is 12.5 Å². The number of hydrogen-bond acceptors (Lipinski definition) is 3. The molecule has 0 saturated carbocycles.